The number of nitrogen functional groups attached to an aromatic ring is 1. The van der Waals surface area contributed by atoms with Crippen LogP contribution in [0.1, 0.15) is 15.9 Å². The molecule has 1 aromatic carbocycles. The van der Waals surface area contributed by atoms with Crippen molar-refractivity contribution >= 4 is 11.6 Å². The summed E-state index contributed by atoms with van der Waals surface area (Å²) in [5.41, 5.74) is 8.01. The summed E-state index contributed by atoms with van der Waals surface area (Å²) in [6.07, 6.45) is 0. The van der Waals surface area contributed by atoms with Crippen LogP contribution >= 0.6 is 0 Å². The molecule has 0 heterocycles. The molecule has 0 aliphatic heterocycles. The van der Waals surface area contributed by atoms with Crippen LogP contribution in [0, 0.1) is 6.92 Å². The maximum Gasteiger partial charge on any atom is 0.253 e. The van der Waals surface area contributed by atoms with Crippen molar-refractivity contribution in [2.45, 2.75) is 6.92 Å². The number of nitrogens with zero attached hydrogens (tertiary/aromatic N) is 2. The summed E-state index contributed by atoms with van der Waals surface area (Å²) in [7, 11) is 5.81. The van der Waals surface area contributed by atoms with Gasteiger partial charge in [-0.2, -0.15) is 0 Å². The predicted octanol–water partition coefficient (Wildman–Crippen LogP) is 1.21. The minimum absolute atomic E-state index is 0.0457. The molecule has 2 N–H and O–H groups in total. The zero-order valence-corrected chi connectivity index (χ0v) is 11.0. The van der Waals surface area contributed by atoms with Crippen LogP contribution in [0.5, 0.6) is 0 Å². The van der Waals surface area contributed by atoms with Gasteiger partial charge in [-0.05, 0) is 44.8 Å². The van der Waals surface area contributed by atoms with Crippen molar-refractivity contribution in [1.82, 2.24) is 9.80 Å². The van der Waals surface area contributed by atoms with Gasteiger partial charge in [0.15, 0.2) is 0 Å². The number of hydrogen-bond donors (Lipinski definition) is 1. The second-order valence-electron chi connectivity index (χ2n) is 4.60. The lowest BCUT2D eigenvalue weighted by Gasteiger charge is -2.20. The Balaban J connectivity index is 2.75. The Morgan fingerprint density at radius 2 is 1.88 bits per heavy atom. The van der Waals surface area contributed by atoms with Gasteiger partial charge in [0.1, 0.15) is 0 Å². The lowest BCUT2D eigenvalue weighted by atomic mass is 10.1. The second kappa shape index (κ2) is 5.68. The lowest BCUT2D eigenvalue weighted by Crippen LogP contribution is -2.33. The summed E-state index contributed by atoms with van der Waals surface area (Å²) in [6.45, 7) is 3.48. The van der Waals surface area contributed by atoms with Gasteiger partial charge in [-0.3, -0.25) is 4.79 Å². The average molecular weight is 235 g/mol. The number of nitrogens with two attached hydrogens (primary N) is 1. The molecule has 0 atom stereocenters. The van der Waals surface area contributed by atoms with E-state index in [0.29, 0.717) is 5.69 Å². The molecule has 1 amide bonds. The summed E-state index contributed by atoms with van der Waals surface area (Å²) in [4.78, 5) is 15.9. The van der Waals surface area contributed by atoms with Gasteiger partial charge in [-0.15, -0.1) is 0 Å². The predicted molar refractivity (Wildman–Crippen MR) is 71.1 cm³/mol. The van der Waals surface area contributed by atoms with Crippen LogP contribution in [-0.4, -0.2) is 49.9 Å². The van der Waals surface area contributed by atoms with E-state index >= 15 is 0 Å². The molecule has 0 aliphatic carbocycles. The summed E-state index contributed by atoms with van der Waals surface area (Å²) in [6, 6.07) is 5.38. The van der Waals surface area contributed by atoms with Crippen LogP contribution in [0.25, 0.3) is 0 Å². The Bertz CT molecular complexity index is 402. The SMILES string of the molecule is Cc1cc(N)ccc1C(=O)N(C)CCN(C)C. The number of anilines is 1. The van der Waals surface area contributed by atoms with E-state index in [9.17, 15) is 4.79 Å². The standard InChI is InChI=1S/C13H21N3O/c1-10-9-11(14)5-6-12(10)13(17)16(4)8-7-15(2)3/h5-6,9H,7-8,14H2,1-4H3. The fourth-order valence-electron chi connectivity index (χ4n) is 1.58. The molecule has 0 aliphatic rings. The highest BCUT2D eigenvalue weighted by molar-refractivity contribution is 5.95. The molecule has 4 heteroatoms. The molecule has 0 unspecified atom stereocenters. The van der Waals surface area contributed by atoms with E-state index in [1.165, 1.54) is 0 Å². The first kappa shape index (κ1) is 13.5. The third-order valence-corrected chi connectivity index (χ3v) is 2.71. The Morgan fingerprint density at radius 1 is 1.24 bits per heavy atom. The number of likely N-dealkylation sites (N-methyl/N-ethyl adjacent to an activating group) is 2. The highest BCUT2D eigenvalue weighted by Gasteiger charge is 2.13. The molecule has 17 heavy (non-hydrogen) atoms. The van der Waals surface area contributed by atoms with Crippen molar-refractivity contribution < 1.29 is 4.79 Å². The topological polar surface area (TPSA) is 49.6 Å². The summed E-state index contributed by atoms with van der Waals surface area (Å²) >= 11 is 0. The lowest BCUT2D eigenvalue weighted by molar-refractivity contribution is 0.0785. The maximum atomic E-state index is 12.2. The van der Waals surface area contributed by atoms with Crippen molar-refractivity contribution in [2.75, 3.05) is 40.0 Å². The van der Waals surface area contributed by atoms with Crippen molar-refractivity contribution in [3.8, 4) is 0 Å². The monoisotopic (exact) mass is 235 g/mol. The Morgan fingerprint density at radius 3 is 2.41 bits per heavy atom. The van der Waals surface area contributed by atoms with Crippen LogP contribution in [0.15, 0.2) is 18.2 Å². The van der Waals surface area contributed by atoms with Crippen LogP contribution in [0.4, 0.5) is 5.69 Å². The molecule has 1 rings (SSSR count). The number of amides is 1. The zero-order valence-electron chi connectivity index (χ0n) is 11.0. The van der Waals surface area contributed by atoms with E-state index in [-0.39, 0.29) is 5.91 Å². The zero-order chi connectivity index (χ0) is 13.0. The number of carbonyl (C=O) groups is 1. The first-order valence-electron chi connectivity index (χ1n) is 5.68. The minimum atomic E-state index is 0.0457. The third-order valence-electron chi connectivity index (χ3n) is 2.71. The maximum absolute atomic E-state index is 12.2. The van der Waals surface area contributed by atoms with Gasteiger partial charge in [0.05, 0.1) is 0 Å². The number of hydrogen-bond acceptors (Lipinski definition) is 3. The van der Waals surface area contributed by atoms with Gasteiger partial charge in [-0.1, -0.05) is 0 Å². The molecule has 0 fully saturated rings. The second-order valence-corrected chi connectivity index (χ2v) is 4.60. The molecular weight excluding hydrogens is 214 g/mol. The van der Waals surface area contributed by atoms with Crippen molar-refractivity contribution in [3.63, 3.8) is 0 Å². The van der Waals surface area contributed by atoms with E-state index in [0.717, 1.165) is 24.2 Å². The number of aryl methyl sites for hydroxylation is 1. The fourth-order valence-corrected chi connectivity index (χ4v) is 1.58. The highest BCUT2D eigenvalue weighted by Crippen LogP contribution is 2.14. The fraction of sp³-hybridized carbons (Fsp3) is 0.462. The third kappa shape index (κ3) is 3.75. The van der Waals surface area contributed by atoms with Crippen LogP contribution < -0.4 is 5.73 Å². The highest BCUT2D eigenvalue weighted by atomic mass is 16.2. The van der Waals surface area contributed by atoms with E-state index in [1.807, 2.05) is 34.1 Å². The Labute approximate surface area is 103 Å². The first-order chi connectivity index (χ1) is 7.91. The van der Waals surface area contributed by atoms with E-state index in [2.05, 4.69) is 4.90 Å². The first-order valence-corrected chi connectivity index (χ1v) is 5.68. The smallest absolute Gasteiger partial charge is 0.253 e. The summed E-state index contributed by atoms with van der Waals surface area (Å²) in [5, 5.41) is 0. The van der Waals surface area contributed by atoms with Gasteiger partial charge in [-0.25, -0.2) is 0 Å². The van der Waals surface area contributed by atoms with Crippen LogP contribution in [-0.2, 0) is 0 Å². The minimum Gasteiger partial charge on any atom is -0.399 e. The van der Waals surface area contributed by atoms with Gasteiger partial charge < -0.3 is 15.5 Å². The quantitative estimate of drug-likeness (QED) is 0.798. The number of carbonyl (C=O) groups excluding carboxylic acids is 1. The van der Waals surface area contributed by atoms with E-state index < -0.39 is 0 Å². The summed E-state index contributed by atoms with van der Waals surface area (Å²) in [5.74, 6) is 0.0457. The Kier molecular flexibility index (Phi) is 4.52. The van der Waals surface area contributed by atoms with Crippen LogP contribution in [0.3, 0.4) is 0 Å². The van der Waals surface area contributed by atoms with Gasteiger partial charge >= 0.3 is 0 Å². The number of benzene rings is 1. The van der Waals surface area contributed by atoms with Gasteiger partial charge in [0.25, 0.3) is 5.91 Å². The molecule has 94 valence electrons. The molecular formula is C13H21N3O. The normalized spacial score (nSPS) is 10.6. The van der Waals surface area contributed by atoms with Crippen LogP contribution in [0.2, 0.25) is 0 Å². The molecule has 0 aromatic heterocycles. The molecule has 0 saturated carbocycles. The average Bonchev–Trinajstić information content (AvgIpc) is 2.25. The van der Waals surface area contributed by atoms with E-state index in [1.54, 1.807) is 17.0 Å². The van der Waals surface area contributed by atoms with Gasteiger partial charge in [0, 0.05) is 31.4 Å². The van der Waals surface area contributed by atoms with Crippen molar-refractivity contribution in [1.29, 1.82) is 0 Å². The van der Waals surface area contributed by atoms with Gasteiger partial charge in [0.2, 0.25) is 0 Å². The molecule has 0 saturated heterocycles. The molecule has 0 radical (unpaired) electrons. The molecule has 4 nitrogen and oxygen atoms in total. The molecule has 0 spiro atoms. The summed E-state index contributed by atoms with van der Waals surface area (Å²) < 4.78 is 0. The number of rotatable bonds is 4. The van der Waals surface area contributed by atoms with Crippen molar-refractivity contribution in [2.24, 2.45) is 0 Å². The molecule has 0 bridgehead atoms. The van der Waals surface area contributed by atoms with E-state index in [4.69, 9.17) is 5.73 Å². The molecule has 1 aromatic rings. The Hall–Kier alpha value is -1.55. The largest absolute Gasteiger partial charge is 0.399 e. The van der Waals surface area contributed by atoms with Crippen molar-refractivity contribution in [3.05, 3.63) is 29.3 Å².